The summed E-state index contributed by atoms with van der Waals surface area (Å²) >= 11 is 3.12. The van der Waals surface area contributed by atoms with E-state index in [1.54, 1.807) is 19.1 Å². The minimum absolute atomic E-state index is 0.0522. The molecule has 0 fully saturated rings. The third-order valence-corrected chi connectivity index (χ3v) is 2.65. The first-order chi connectivity index (χ1) is 7.50. The lowest BCUT2D eigenvalue weighted by atomic mass is 10.2. The van der Waals surface area contributed by atoms with E-state index < -0.39 is 11.0 Å². The summed E-state index contributed by atoms with van der Waals surface area (Å²) in [4.78, 5) is 10.2. The third kappa shape index (κ3) is 3.88. The molecule has 6 heteroatoms. The maximum atomic E-state index is 10.7. The van der Waals surface area contributed by atoms with Crippen molar-refractivity contribution >= 4 is 21.6 Å². The summed E-state index contributed by atoms with van der Waals surface area (Å²) in [5, 5.41) is 22.7. The van der Waals surface area contributed by atoms with Crippen molar-refractivity contribution in [1.82, 2.24) is 5.32 Å². The van der Waals surface area contributed by atoms with Gasteiger partial charge in [0.25, 0.3) is 5.69 Å². The van der Waals surface area contributed by atoms with Crippen LogP contribution in [0.25, 0.3) is 0 Å². The number of nitrogens with one attached hydrogen (secondary N) is 1. The SMILES string of the molecule is C[C@H](O)CNCc1ccc(Br)c([N+](=O)[O-])c1. The van der Waals surface area contributed by atoms with Gasteiger partial charge >= 0.3 is 0 Å². The van der Waals surface area contributed by atoms with Crippen LogP contribution in [-0.2, 0) is 6.54 Å². The zero-order valence-electron chi connectivity index (χ0n) is 8.81. The molecule has 0 aromatic heterocycles. The Morgan fingerprint density at radius 2 is 2.31 bits per heavy atom. The van der Waals surface area contributed by atoms with Crippen molar-refractivity contribution in [2.24, 2.45) is 0 Å². The molecular formula is C10H13BrN2O3. The summed E-state index contributed by atoms with van der Waals surface area (Å²) in [6.07, 6.45) is -0.426. The molecule has 1 rings (SSSR count). The molecule has 1 aromatic rings. The maximum absolute atomic E-state index is 10.7. The number of aliphatic hydroxyl groups excluding tert-OH is 1. The van der Waals surface area contributed by atoms with Crippen molar-refractivity contribution in [1.29, 1.82) is 0 Å². The number of nitrogens with zero attached hydrogens (tertiary/aromatic N) is 1. The van der Waals surface area contributed by atoms with Crippen LogP contribution in [0.5, 0.6) is 0 Å². The monoisotopic (exact) mass is 288 g/mol. The number of hydrogen-bond acceptors (Lipinski definition) is 4. The van der Waals surface area contributed by atoms with Gasteiger partial charge in [0.2, 0.25) is 0 Å². The van der Waals surface area contributed by atoms with E-state index in [-0.39, 0.29) is 5.69 Å². The van der Waals surface area contributed by atoms with Crippen molar-refractivity contribution in [3.63, 3.8) is 0 Å². The van der Waals surface area contributed by atoms with E-state index in [0.29, 0.717) is 17.6 Å². The van der Waals surface area contributed by atoms with Crippen LogP contribution in [0.3, 0.4) is 0 Å². The highest BCUT2D eigenvalue weighted by Gasteiger charge is 2.11. The number of nitro benzene ring substituents is 1. The topological polar surface area (TPSA) is 75.4 Å². The van der Waals surface area contributed by atoms with Gasteiger partial charge in [-0.1, -0.05) is 6.07 Å². The fourth-order valence-electron chi connectivity index (χ4n) is 1.23. The molecule has 0 aliphatic rings. The molecule has 0 spiro atoms. The maximum Gasteiger partial charge on any atom is 0.283 e. The molecule has 1 aromatic carbocycles. The lowest BCUT2D eigenvalue weighted by Crippen LogP contribution is -2.23. The molecule has 0 saturated carbocycles. The minimum Gasteiger partial charge on any atom is -0.392 e. The molecule has 88 valence electrons. The van der Waals surface area contributed by atoms with E-state index in [9.17, 15) is 10.1 Å². The van der Waals surface area contributed by atoms with E-state index >= 15 is 0 Å². The van der Waals surface area contributed by atoms with E-state index in [0.717, 1.165) is 5.56 Å². The highest BCUT2D eigenvalue weighted by molar-refractivity contribution is 9.10. The predicted octanol–water partition coefficient (Wildman–Crippen LogP) is 1.83. The molecular weight excluding hydrogens is 276 g/mol. The lowest BCUT2D eigenvalue weighted by Gasteiger charge is -2.07. The van der Waals surface area contributed by atoms with Crippen LogP contribution in [0.4, 0.5) is 5.69 Å². The Bertz CT molecular complexity index is 382. The molecule has 16 heavy (non-hydrogen) atoms. The standard InChI is InChI=1S/C10H13BrN2O3/c1-7(14)5-12-6-8-2-3-9(11)10(4-8)13(15)16/h2-4,7,12,14H,5-6H2,1H3/t7-/m0/s1. The molecule has 2 N–H and O–H groups in total. The molecule has 0 unspecified atom stereocenters. The second kappa shape index (κ2) is 5.93. The number of hydrogen-bond donors (Lipinski definition) is 2. The van der Waals surface area contributed by atoms with Gasteiger partial charge in [-0.25, -0.2) is 0 Å². The largest absolute Gasteiger partial charge is 0.392 e. The molecule has 0 heterocycles. The Morgan fingerprint density at radius 1 is 1.62 bits per heavy atom. The Labute approximate surface area is 102 Å². The zero-order chi connectivity index (χ0) is 12.1. The first kappa shape index (κ1) is 13.1. The van der Waals surface area contributed by atoms with E-state index in [4.69, 9.17) is 5.11 Å². The summed E-state index contributed by atoms with van der Waals surface area (Å²) in [6, 6.07) is 4.96. The van der Waals surface area contributed by atoms with E-state index in [1.165, 1.54) is 6.07 Å². The van der Waals surface area contributed by atoms with Gasteiger partial charge in [-0.15, -0.1) is 0 Å². The van der Waals surface area contributed by atoms with Gasteiger partial charge in [-0.2, -0.15) is 0 Å². The Balaban J connectivity index is 2.68. The molecule has 5 nitrogen and oxygen atoms in total. The second-order valence-electron chi connectivity index (χ2n) is 3.52. The summed E-state index contributed by atoms with van der Waals surface area (Å²) in [6.45, 7) is 2.64. The zero-order valence-corrected chi connectivity index (χ0v) is 10.4. The van der Waals surface area contributed by atoms with Gasteiger partial charge in [0.1, 0.15) is 0 Å². The van der Waals surface area contributed by atoms with Crippen molar-refractivity contribution in [2.75, 3.05) is 6.54 Å². The van der Waals surface area contributed by atoms with Gasteiger partial charge in [0.15, 0.2) is 0 Å². The first-order valence-electron chi connectivity index (χ1n) is 4.82. The number of aliphatic hydroxyl groups is 1. The van der Waals surface area contributed by atoms with Crippen LogP contribution >= 0.6 is 15.9 Å². The minimum atomic E-state index is -0.428. The molecule has 0 amide bonds. The van der Waals surface area contributed by atoms with Crippen molar-refractivity contribution in [3.8, 4) is 0 Å². The van der Waals surface area contributed by atoms with Gasteiger partial charge in [0, 0.05) is 19.2 Å². The molecule has 0 bridgehead atoms. The lowest BCUT2D eigenvalue weighted by molar-refractivity contribution is -0.385. The third-order valence-electron chi connectivity index (χ3n) is 1.98. The fourth-order valence-corrected chi connectivity index (χ4v) is 1.62. The second-order valence-corrected chi connectivity index (χ2v) is 4.38. The number of rotatable bonds is 5. The van der Waals surface area contributed by atoms with Crippen LogP contribution in [-0.4, -0.2) is 22.7 Å². The number of nitro groups is 1. The van der Waals surface area contributed by atoms with Gasteiger partial charge in [-0.05, 0) is 34.5 Å². The highest BCUT2D eigenvalue weighted by atomic mass is 79.9. The first-order valence-corrected chi connectivity index (χ1v) is 5.61. The average Bonchev–Trinajstić information content (AvgIpc) is 2.19. The van der Waals surface area contributed by atoms with Crippen LogP contribution in [0.1, 0.15) is 12.5 Å². The van der Waals surface area contributed by atoms with Crippen molar-refractivity contribution < 1.29 is 10.0 Å². The fraction of sp³-hybridized carbons (Fsp3) is 0.400. The van der Waals surface area contributed by atoms with Gasteiger partial charge in [-0.3, -0.25) is 10.1 Å². The van der Waals surface area contributed by atoms with Crippen molar-refractivity contribution in [2.45, 2.75) is 19.6 Å². The number of halogens is 1. The number of benzene rings is 1. The van der Waals surface area contributed by atoms with E-state index in [2.05, 4.69) is 21.2 Å². The highest BCUT2D eigenvalue weighted by Crippen LogP contribution is 2.25. The van der Waals surface area contributed by atoms with E-state index in [1.807, 2.05) is 0 Å². The Kier molecular flexibility index (Phi) is 4.85. The summed E-state index contributed by atoms with van der Waals surface area (Å²) in [5.74, 6) is 0. The molecule has 0 radical (unpaired) electrons. The molecule has 0 aliphatic heterocycles. The smallest absolute Gasteiger partial charge is 0.283 e. The van der Waals surface area contributed by atoms with Crippen molar-refractivity contribution in [3.05, 3.63) is 38.3 Å². The van der Waals surface area contributed by atoms with Crippen LogP contribution in [0.15, 0.2) is 22.7 Å². The quantitative estimate of drug-likeness (QED) is 0.640. The Morgan fingerprint density at radius 3 is 2.88 bits per heavy atom. The predicted molar refractivity (Wildman–Crippen MR) is 64.2 cm³/mol. The molecule has 0 aliphatic carbocycles. The normalized spacial score (nSPS) is 12.4. The summed E-state index contributed by atoms with van der Waals surface area (Å²) in [5.41, 5.74) is 0.867. The summed E-state index contributed by atoms with van der Waals surface area (Å²) in [7, 11) is 0. The molecule has 1 atom stereocenters. The van der Waals surface area contributed by atoms with Crippen LogP contribution < -0.4 is 5.32 Å². The van der Waals surface area contributed by atoms with Crippen LogP contribution in [0.2, 0.25) is 0 Å². The molecule has 0 saturated heterocycles. The average molecular weight is 289 g/mol. The Hall–Kier alpha value is -0.980. The van der Waals surface area contributed by atoms with Gasteiger partial charge < -0.3 is 10.4 Å². The van der Waals surface area contributed by atoms with Crippen LogP contribution in [0, 0.1) is 10.1 Å². The van der Waals surface area contributed by atoms with Gasteiger partial charge in [0.05, 0.1) is 15.5 Å². The summed E-state index contributed by atoms with van der Waals surface area (Å²) < 4.78 is 0.469.